The highest BCUT2D eigenvalue weighted by Crippen LogP contribution is 2.33. The van der Waals surface area contributed by atoms with Gasteiger partial charge in [-0.1, -0.05) is 6.08 Å². The van der Waals surface area contributed by atoms with Gasteiger partial charge in [-0.3, -0.25) is 10.1 Å². The largest absolute Gasteiger partial charge is 0.378 e. The average Bonchev–Trinajstić information content (AvgIpc) is 2.42. The van der Waals surface area contributed by atoms with E-state index in [-0.39, 0.29) is 35.5 Å². The summed E-state index contributed by atoms with van der Waals surface area (Å²) in [4.78, 5) is 20.8. The Hall–Kier alpha value is -2.42. The van der Waals surface area contributed by atoms with E-state index in [4.69, 9.17) is 10.5 Å². The van der Waals surface area contributed by atoms with Crippen LogP contribution in [0.1, 0.15) is 13.8 Å². The molecule has 0 bridgehead atoms. The summed E-state index contributed by atoms with van der Waals surface area (Å²) >= 11 is 0. The molecular weight excluding hydrogens is 288 g/mol. The summed E-state index contributed by atoms with van der Waals surface area (Å²) in [6.45, 7) is 8.86. The second-order valence-corrected chi connectivity index (χ2v) is 5.19. The van der Waals surface area contributed by atoms with Gasteiger partial charge in [0, 0.05) is 19.6 Å². The molecule has 22 heavy (non-hydrogen) atoms. The Kier molecular flexibility index (Phi) is 4.76. The third-order valence-electron chi connectivity index (χ3n) is 3.20. The number of anilines is 3. The maximum absolute atomic E-state index is 11.3. The second-order valence-electron chi connectivity index (χ2n) is 5.19. The van der Waals surface area contributed by atoms with Crippen molar-refractivity contribution >= 4 is 23.3 Å². The van der Waals surface area contributed by atoms with Crippen LogP contribution in [0.5, 0.6) is 0 Å². The topological polar surface area (TPSA) is 119 Å². The minimum absolute atomic E-state index is 0.0517. The minimum atomic E-state index is -0.549. The molecule has 9 heteroatoms. The molecule has 1 aromatic rings. The van der Waals surface area contributed by atoms with Crippen molar-refractivity contribution in [1.82, 2.24) is 9.97 Å². The van der Waals surface area contributed by atoms with Crippen molar-refractivity contribution in [3.8, 4) is 0 Å². The number of nitrogens with two attached hydrogens (primary N) is 1. The van der Waals surface area contributed by atoms with Gasteiger partial charge in [-0.2, -0.15) is 9.97 Å². The molecule has 0 radical (unpaired) electrons. The standard InChI is InChI=1S/C13H20N6O3/c1-4-5-15-13-16-11(14)10(19(20)21)12(17-13)18-6-8(2)22-9(3)7-18/h4,8-9H,1,5-7H2,2-3H3,(H3,14,15,16,17)/t8-,9-/m1/s1. The molecule has 1 saturated heterocycles. The fourth-order valence-corrected chi connectivity index (χ4v) is 2.45. The van der Waals surface area contributed by atoms with Crippen molar-refractivity contribution in [2.75, 3.05) is 35.6 Å². The van der Waals surface area contributed by atoms with E-state index in [2.05, 4.69) is 21.9 Å². The zero-order chi connectivity index (χ0) is 16.3. The van der Waals surface area contributed by atoms with Gasteiger partial charge in [0.1, 0.15) is 0 Å². The van der Waals surface area contributed by atoms with Crippen molar-refractivity contribution in [2.45, 2.75) is 26.1 Å². The average molecular weight is 308 g/mol. The lowest BCUT2D eigenvalue weighted by Crippen LogP contribution is -2.46. The first kappa shape index (κ1) is 16.0. The smallest absolute Gasteiger partial charge is 0.353 e. The summed E-state index contributed by atoms with van der Waals surface area (Å²) in [5, 5.41) is 14.2. The zero-order valence-corrected chi connectivity index (χ0v) is 12.7. The van der Waals surface area contributed by atoms with Gasteiger partial charge < -0.3 is 20.7 Å². The highest BCUT2D eigenvalue weighted by molar-refractivity contribution is 5.71. The molecular formula is C13H20N6O3. The molecule has 0 aromatic carbocycles. The van der Waals surface area contributed by atoms with E-state index in [0.717, 1.165) is 0 Å². The van der Waals surface area contributed by atoms with Crippen LogP contribution in [0, 0.1) is 10.1 Å². The van der Waals surface area contributed by atoms with Crippen molar-refractivity contribution in [1.29, 1.82) is 0 Å². The number of nitrogens with one attached hydrogen (secondary N) is 1. The quantitative estimate of drug-likeness (QED) is 0.472. The molecule has 1 fully saturated rings. The van der Waals surface area contributed by atoms with Gasteiger partial charge in [0.25, 0.3) is 0 Å². The number of aromatic nitrogens is 2. The number of nitro groups is 1. The van der Waals surface area contributed by atoms with Crippen molar-refractivity contribution in [3.05, 3.63) is 22.8 Å². The highest BCUT2D eigenvalue weighted by Gasteiger charge is 2.31. The van der Waals surface area contributed by atoms with E-state index in [1.165, 1.54) is 0 Å². The first-order valence-corrected chi connectivity index (χ1v) is 6.99. The van der Waals surface area contributed by atoms with Crippen molar-refractivity contribution < 1.29 is 9.66 Å². The Bertz CT molecular complexity index is 569. The first-order valence-electron chi connectivity index (χ1n) is 6.99. The summed E-state index contributed by atoms with van der Waals surface area (Å²) in [6.07, 6.45) is 1.53. The lowest BCUT2D eigenvalue weighted by atomic mass is 10.2. The van der Waals surface area contributed by atoms with E-state index >= 15 is 0 Å². The number of hydrogen-bond donors (Lipinski definition) is 2. The SMILES string of the molecule is C=CCNc1nc(N)c([N+](=O)[O-])c(N2C[C@@H](C)O[C@H](C)C2)n1. The van der Waals surface area contributed by atoms with E-state index in [0.29, 0.717) is 19.6 Å². The number of nitrogens with zero attached hydrogens (tertiary/aromatic N) is 4. The van der Waals surface area contributed by atoms with Gasteiger partial charge in [0.2, 0.25) is 17.6 Å². The molecule has 0 saturated carbocycles. The molecule has 0 unspecified atom stereocenters. The van der Waals surface area contributed by atoms with Gasteiger partial charge in [-0.05, 0) is 13.8 Å². The van der Waals surface area contributed by atoms with Gasteiger partial charge in [-0.25, -0.2) is 0 Å². The van der Waals surface area contributed by atoms with Crippen LogP contribution in [-0.4, -0.2) is 46.7 Å². The summed E-state index contributed by atoms with van der Waals surface area (Å²) < 4.78 is 5.65. The van der Waals surface area contributed by atoms with Gasteiger partial charge in [-0.15, -0.1) is 6.58 Å². The summed E-state index contributed by atoms with van der Waals surface area (Å²) in [7, 11) is 0. The molecule has 3 N–H and O–H groups in total. The minimum Gasteiger partial charge on any atom is -0.378 e. The Morgan fingerprint density at radius 1 is 1.50 bits per heavy atom. The lowest BCUT2D eigenvalue weighted by molar-refractivity contribution is -0.383. The van der Waals surface area contributed by atoms with Gasteiger partial charge in [0.15, 0.2) is 0 Å². The number of nitrogen functional groups attached to an aromatic ring is 1. The summed E-state index contributed by atoms with van der Waals surface area (Å²) in [6, 6.07) is 0. The summed E-state index contributed by atoms with van der Waals surface area (Å²) in [5.41, 5.74) is 5.48. The Morgan fingerprint density at radius 2 is 2.14 bits per heavy atom. The van der Waals surface area contributed by atoms with E-state index in [1.54, 1.807) is 6.08 Å². The van der Waals surface area contributed by atoms with Crippen LogP contribution in [-0.2, 0) is 4.74 Å². The monoisotopic (exact) mass is 308 g/mol. The van der Waals surface area contributed by atoms with Crippen LogP contribution in [0.3, 0.4) is 0 Å². The van der Waals surface area contributed by atoms with Gasteiger partial charge >= 0.3 is 5.69 Å². The molecule has 1 aliphatic rings. The van der Waals surface area contributed by atoms with Crippen LogP contribution >= 0.6 is 0 Å². The van der Waals surface area contributed by atoms with Crippen LogP contribution < -0.4 is 16.0 Å². The molecule has 2 rings (SSSR count). The lowest BCUT2D eigenvalue weighted by Gasteiger charge is -2.35. The zero-order valence-electron chi connectivity index (χ0n) is 12.7. The molecule has 9 nitrogen and oxygen atoms in total. The number of ether oxygens (including phenoxy) is 1. The molecule has 2 atom stereocenters. The molecule has 2 heterocycles. The highest BCUT2D eigenvalue weighted by atomic mass is 16.6. The number of rotatable bonds is 5. The fraction of sp³-hybridized carbons (Fsp3) is 0.538. The molecule has 1 aliphatic heterocycles. The molecule has 0 aliphatic carbocycles. The second kappa shape index (κ2) is 6.56. The molecule has 0 amide bonds. The van der Waals surface area contributed by atoms with Crippen LogP contribution in [0.25, 0.3) is 0 Å². The van der Waals surface area contributed by atoms with Crippen molar-refractivity contribution in [3.63, 3.8) is 0 Å². The van der Waals surface area contributed by atoms with E-state index < -0.39 is 4.92 Å². The number of morpholine rings is 1. The van der Waals surface area contributed by atoms with E-state index in [9.17, 15) is 10.1 Å². The van der Waals surface area contributed by atoms with Gasteiger partial charge in [0.05, 0.1) is 17.1 Å². The van der Waals surface area contributed by atoms with E-state index in [1.807, 2.05) is 18.7 Å². The Morgan fingerprint density at radius 3 is 2.68 bits per heavy atom. The maximum atomic E-state index is 11.3. The van der Waals surface area contributed by atoms with Crippen LogP contribution in [0.2, 0.25) is 0 Å². The summed E-state index contributed by atoms with van der Waals surface area (Å²) in [5.74, 6) is 0.296. The molecule has 120 valence electrons. The Labute approximate surface area is 128 Å². The predicted octanol–water partition coefficient (Wildman–Crippen LogP) is 1.18. The predicted molar refractivity (Wildman–Crippen MR) is 84.0 cm³/mol. The maximum Gasteiger partial charge on any atom is 0.353 e. The normalized spacial score (nSPS) is 21.5. The fourth-order valence-electron chi connectivity index (χ4n) is 2.45. The van der Waals surface area contributed by atoms with Crippen LogP contribution in [0.15, 0.2) is 12.7 Å². The number of hydrogen-bond acceptors (Lipinski definition) is 8. The first-order chi connectivity index (χ1) is 10.4. The Balaban J connectivity index is 2.43. The van der Waals surface area contributed by atoms with Crippen LogP contribution in [0.4, 0.5) is 23.3 Å². The molecule has 1 aromatic heterocycles. The third kappa shape index (κ3) is 3.42. The third-order valence-corrected chi connectivity index (χ3v) is 3.20. The van der Waals surface area contributed by atoms with Crippen molar-refractivity contribution in [2.24, 2.45) is 0 Å². The molecule has 0 spiro atoms.